The van der Waals surface area contributed by atoms with Crippen molar-refractivity contribution in [2.24, 2.45) is 0 Å². The van der Waals surface area contributed by atoms with Gasteiger partial charge in [-0.1, -0.05) is 24.3 Å². The van der Waals surface area contributed by atoms with E-state index < -0.39 is 12.1 Å². The molecule has 0 radical (unpaired) electrons. The van der Waals surface area contributed by atoms with E-state index in [1.807, 2.05) is 0 Å². The second-order valence-electron chi connectivity index (χ2n) is 5.16. The molecule has 0 aliphatic rings. The van der Waals surface area contributed by atoms with Crippen LogP contribution in [0.15, 0.2) is 48.5 Å². The average Bonchev–Trinajstić information content (AvgIpc) is 2.62. The molecule has 2 N–H and O–H groups in total. The van der Waals surface area contributed by atoms with Crippen LogP contribution in [0.3, 0.4) is 0 Å². The molecule has 0 saturated heterocycles. The topological polar surface area (TPSA) is 70.7 Å². The quantitative estimate of drug-likeness (QED) is 0.870. The van der Waals surface area contributed by atoms with E-state index in [4.69, 9.17) is 4.74 Å². The van der Waals surface area contributed by atoms with Crippen LogP contribution in [-0.2, 0) is 6.54 Å². The maximum atomic E-state index is 12.9. The van der Waals surface area contributed by atoms with E-state index in [9.17, 15) is 14.0 Å². The molecule has 0 aliphatic carbocycles. The molecule has 2 aromatic carbocycles. The number of nitrogens with zero attached hydrogens (tertiary/aromatic N) is 1. The van der Waals surface area contributed by atoms with Crippen molar-refractivity contribution in [3.8, 4) is 5.75 Å². The summed E-state index contributed by atoms with van der Waals surface area (Å²) in [6.45, 7) is 2.08. The van der Waals surface area contributed by atoms with Gasteiger partial charge in [-0.15, -0.1) is 0 Å². The zero-order chi connectivity index (χ0) is 18.2. The number of imide groups is 1. The molecule has 0 atom stereocenters. The van der Waals surface area contributed by atoms with Crippen molar-refractivity contribution >= 4 is 17.7 Å². The normalized spacial score (nSPS) is 10.0. The fourth-order valence-corrected chi connectivity index (χ4v) is 2.19. The van der Waals surface area contributed by atoms with E-state index in [-0.39, 0.29) is 18.9 Å². The van der Waals surface area contributed by atoms with Crippen molar-refractivity contribution in [3.05, 3.63) is 59.9 Å². The smallest absolute Gasteiger partial charge is 0.330 e. The lowest BCUT2D eigenvalue weighted by Crippen LogP contribution is -2.45. The Morgan fingerprint density at radius 2 is 1.76 bits per heavy atom. The molecule has 0 saturated carbocycles. The minimum Gasteiger partial charge on any atom is -0.495 e. The predicted molar refractivity (Wildman–Crippen MR) is 93.0 cm³/mol. The number of halogens is 1. The number of rotatable bonds is 5. The Labute approximate surface area is 145 Å². The Bertz CT molecular complexity index is 735. The molecule has 0 unspecified atom stereocenters. The first-order valence-corrected chi connectivity index (χ1v) is 7.79. The maximum absolute atomic E-state index is 12.9. The number of anilines is 1. The van der Waals surface area contributed by atoms with Crippen LogP contribution in [0.25, 0.3) is 0 Å². The molecule has 6 nitrogen and oxygen atoms in total. The van der Waals surface area contributed by atoms with Crippen LogP contribution in [0, 0.1) is 5.82 Å². The van der Waals surface area contributed by atoms with Gasteiger partial charge in [0.2, 0.25) is 0 Å². The molecule has 0 fully saturated rings. The van der Waals surface area contributed by atoms with Gasteiger partial charge in [-0.05, 0) is 36.8 Å². The molecule has 0 bridgehead atoms. The van der Waals surface area contributed by atoms with Crippen LogP contribution < -0.4 is 15.4 Å². The molecule has 0 aromatic heterocycles. The van der Waals surface area contributed by atoms with E-state index >= 15 is 0 Å². The van der Waals surface area contributed by atoms with Crippen LogP contribution in [0.4, 0.5) is 19.7 Å². The van der Waals surface area contributed by atoms with Gasteiger partial charge in [-0.3, -0.25) is 0 Å². The van der Waals surface area contributed by atoms with Crippen LogP contribution in [0.2, 0.25) is 0 Å². The zero-order valence-corrected chi connectivity index (χ0v) is 14.1. The second kappa shape index (κ2) is 8.68. The van der Waals surface area contributed by atoms with Crippen molar-refractivity contribution in [2.75, 3.05) is 19.0 Å². The van der Waals surface area contributed by atoms with E-state index in [0.29, 0.717) is 11.4 Å². The Balaban J connectivity index is 1.98. The van der Waals surface area contributed by atoms with Crippen molar-refractivity contribution in [1.82, 2.24) is 10.2 Å². The highest BCUT2D eigenvalue weighted by molar-refractivity contribution is 6.01. The fourth-order valence-electron chi connectivity index (χ4n) is 2.19. The molecule has 0 aliphatic heterocycles. The molecular formula is C18H20FN3O3. The standard InChI is InChI=1S/C18H20FN3O3/c1-3-22(17(23)20-12-13-8-10-14(19)11-9-13)18(24)21-15-6-4-5-7-16(15)25-2/h4-11H,3,12H2,1-2H3,(H,20,23)(H,21,24). The number of para-hydroxylation sites is 2. The zero-order valence-electron chi connectivity index (χ0n) is 14.1. The van der Waals surface area contributed by atoms with Crippen LogP contribution in [0.1, 0.15) is 12.5 Å². The molecule has 7 heteroatoms. The Morgan fingerprint density at radius 3 is 2.40 bits per heavy atom. The van der Waals surface area contributed by atoms with Gasteiger partial charge in [-0.25, -0.2) is 18.9 Å². The van der Waals surface area contributed by atoms with Crippen molar-refractivity contribution in [2.45, 2.75) is 13.5 Å². The minimum absolute atomic E-state index is 0.191. The maximum Gasteiger partial charge on any atom is 0.330 e. The average molecular weight is 345 g/mol. The summed E-state index contributed by atoms with van der Waals surface area (Å²) >= 11 is 0. The summed E-state index contributed by atoms with van der Waals surface area (Å²) in [5.74, 6) is 0.153. The van der Waals surface area contributed by atoms with E-state index in [1.54, 1.807) is 43.3 Å². The third-order valence-corrected chi connectivity index (χ3v) is 3.51. The van der Waals surface area contributed by atoms with Gasteiger partial charge in [0.05, 0.1) is 12.8 Å². The number of methoxy groups -OCH3 is 1. The molecule has 2 aromatic rings. The number of ether oxygens (including phenoxy) is 1. The molecule has 0 heterocycles. The highest BCUT2D eigenvalue weighted by atomic mass is 19.1. The summed E-state index contributed by atoms with van der Waals surface area (Å²) in [4.78, 5) is 25.6. The summed E-state index contributed by atoms with van der Waals surface area (Å²) in [6.07, 6.45) is 0. The first-order chi connectivity index (χ1) is 12.0. The highest BCUT2D eigenvalue weighted by Crippen LogP contribution is 2.23. The van der Waals surface area contributed by atoms with Gasteiger partial charge in [0.1, 0.15) is 11.6 Å². The highest BCUT2D eigenvalue weighted by Gasteiger charge is 2.20. The van der Waals surface area contributed by atoms with Crippen molar-refractivity contribution in [3.63, 3.8) is 0 Å². The Hall–Kier alpha value is -3.09. The fraction of sp³-hybridized carbons (Fsp3) is 0.222. The van der Waals surface area contributed by atoms with Gasteiger partial charge < -0.3 is 15.4 Å². The second-order valence-corrected chi connectivity index (χ2v) is 5.16. The molecule has 4 amide bonds. The number of urea groups is 2. The number of benzene rings is 2. The third-order valence-electron chi connectivity index (χ3n) is 3.51. The molecule has 0 spiro atoms. The molecular weight excluding hydrogens is 325 g/mol. The lowest BCUT2D eigenvalue weighted by molar-refractivity contribution is 0.195. The van der Waals surface area contributed by atoms with Gasteiger partial charge in [0, 0.05) is 13.1 Å². The number of amides is 4. The van der Waals surface area contributed by atoms with Gasteiger partial charge >= 0.3 is 12.1 Å². The number of hydrogen-bond acceptors (Lipinski definition) is 3. The summed E-state index contributed by atoms with van der Waals surface area (Å²) in [5, 5.41) is 5.29. The number of hydrogen-bond donors (Lipinski definition) is 2. The van der Waals surface area contributed by atoms with E-state index in [1.165, 1.54) is 19.2 Å². The summed E-state index contributed by atoms with van der Waals surface area (Å²) in [5.41, 5.74) is 1.20. The molecule has 25 heavy (non-hydrogen) atoms. The predicted octanol–water partition coefficient (Wildman–Crippen LogP) is 3.60. The largest absolute Gasteiger partial charge is 0.495 e. The number of carbonyl (C=O) groups is 2. The summed E-state index contributed by atoms with van der Waals surface area (Å²) in [6, 6.07) is 11.6. The van der Waals surface area contributed by atoms with Crippen molar-refractivity contribution < 1.29 is 18.7 Å². The Kier molecular flexibility index (Phi) is 6.33. The van der Waals surface area contributed by atoms with Crippen molar-refractivity contribution in [1.29, 1.82) is 0 Å². The first kappa shape index (κ1) is 18.3. The van der Waals surface area contributed by atoms with Crippen LogP contribution >= 0.6 is 0 Å². The molecule has 132 valence electrons. The lowest BCUT2D eigenvalue weighted by Gasteiger charge is -2.21. The van der Waals surface area contributed by atoms with Crippen LogP contribution in [-0.4, -0.2) is 30.6 Å². The Morgan fingerprint density at radius 1 is 1.08 bits per heavy atom. The summed E-state index contributed by atoms with van der Waals surface area (Å²) in [7, 11) is 1.50. The first-order valence-electron chi connectivity index (χ1n) is 7.79. The van der Waals surface area contributed by atoms with E-state index in [2.05, 4.69) is 10.6 Å². The van der Waals surface area contributed by atoms with E-state index in [0.717, 1.165) is 10.5 Å². The van der Waals surface area contributed by atoms with Gasteiger partial charge in [0.25, 0.3) is 0 Å². The van der Waals surface area contributed by atoms with Gasteiger partial charge in [0.15, 0.2) is 0 Å². The SMILES string of the molecule is CCN(C(=O)NCc1ccc(F)cc1)C(=O)Nc1ccccc1OC. The monoisotopic (exact) mass is 345 g/mol. The number of nitrogens with one attached hydrogen (secondary N) is 2. The van der Waals surface area contributed by atoms with Gasteiger partial charge in [-0.2, -0.15) is 0 Å². The molecule has 2 rings (SSSR count). The van der Waals surface area contributed by atoms with Crippen LogP contribution in [0.5, 0.6) is 5.75 Å². The minimum atomic E-state index is -0.566. The summed E-state index contributed by atoms with van der Waals surface area (Å²) < 4.78 is 18.1. The lowest BCUT2D eigenvalue weighted by atomic mass is 10.2. The number of carbonyl (C=O) groups excluding carboxylic acids is 2. The third kappa shape index (κ3) is 4.94.